The van der Waals surface area contributed by atoms with Gasteiger partial charge in [-0.2, -0.15) is 0 Å². The molecule has 2 heterocycles. The predicted octanol–water partition coefficient (Wildman–Crippen LogP) is 2.92. The van der Waals surface area contributed by atoms with E-state index >= 15 is 0 Å². The second kappa shape index (κ2) is 3.74. The van der Waals surface area contributed by atoms with E-state index < -0.39 is 0 Å². The molecule has 1 aromatic heterocycles. The molecule has 1 aliphatic rings. The summed E-state index contributed by atoms with van der Waals surface area (Å²) in [4.78, 5) is 0. The molecule has 0 spiro atoms. The zero-order chi connectivity index (χ0) is 11.9. The quantitative estimate of drug-likeness (QED) is 0.791. The summed E-state index contributed by atoms with van der Waals surface area (Å²) in [7, 11) is 0. The van der Waals surface area contributed by atoms with Crippen molar-refractivity contribution in [3.05, 3.63) is 59.9 Å². The van der Waals surface area contributed by atoms with Crippen molar-refractivity contribution in [2.75, 3.05) is 6.54 Å². The number of nitrogens with zero attached hydrogens (tertiary/aromatic N) is 1. The van der Waals surface area contributed by atoms with E-state index in [2.05, 4.69) is 72.4 Å². The Balaban J connectivity index is 2.07. The zero-order valence-corrected chi connectivity index (χ0v) is 10.4. The van der Waals surface area contributed by atoms with Gasteiger partial charge in [-0.3, -0.25) is 0 Å². The minimum absolute atomic E-state index is 0.157. The van der Waals surface area contributed by atoms with E-state index in [-0.39, 0.29) is 5.54 Å². The highest BCUT2D eigenvalue weighted by atomic mass is 15.2. The molecular formula is C15H18N2. The van der Waals surface area contributed by atoms with Crippen LogP contribution in [0, 0.1) is 0 Å². The summed E-state index contributed by atoms with van der Waals surface area (Å²) in [6.07, 6.45) is 2.19. The van der Waals surface area contributed by atoms with Gasteiger partial charge in [0.1, 0.15) is 0 Å². The van der Waals surface area contributed by atoms with Crippen LogP contribution in [0.15, 0.2) is 48.7 Å². The van der Waals surface area contributed by atoms with Crippen LogP contribution in [0.4, 0.5) is 0 Å². The molecule has 1 atom stereocenters. The van der Waals surface area contributed by atoms with Gasteiger partial charge in [-0.15, -0.1) is 0 Å². The van der Waals surface area contributed by atoms with Crippen molar-refractivity contribution >= 4 is 0 Å². The monoisotopic (exact) mass is 226 g/mol. The van der Waals surface area contributed by atoms with Gasteiger partial charge in [0.05, 0.1) is 11.6 Å². The second-order valence-corrected chi connectivity index (χ2v) is 5.34. The number of rotatable bonds is 1. The van der Waals surface area contributed by atoms with E-state index in [0.717, 1.165) is 6.54 Å². The van der Waals surface area contributed by atoms with Crippen LogP contribution >= 0.6 is 0 Å². The van der Waals surface area contributed by atoms with Crippen LogP contribution in [-0.4, -0.2) is 11.1 Å². The molecule has 3 rings (SSSR count). The molecule has 0 saturated heterocycles. The molecule has 0 bridgehead atoms. The first-order valence-electron chi connectivity index (χ1n) is 6.14. The van der Waals surface area contributed by atoms with Crippen molar-refractivity contribution in [2.45, 2.75) is 25.4 Å². The first kappa shape index (κ1) is 10.6. The Bertz CT molecular complexity index is 511. The molecule has 1 N–H and O–H groups in total. The number of hydrogen-bond donors (Lipinski definition) is 1. The highest BCUT2D eigenvalue weighted by molar-refractivity contribution is 5.31. The Morgan fingerprint density at radius 2 is 1.88 bits per heavy atom. The van der Waals surface area contributed by atoms with Gasteiger partial charge >= 0.3 is 0 Å². The van der Waals surface area contributed by atoms with E-state index in [0.29, 0.717) is 6.04 Å². The molecule has 2 aromatic rings. The Morgan fingerprint density at radius 3 is 2.65 bits per heavy atom. The fourth-order valence-electron chi connectivity index (χ4n) is 2.66. The van der Waals surface area contributed by atoms with Crippen LogP contribution in [0.1, 0.15) is 31.1 Å². The van der Waals surface area contributed by atoms with Crippen LogP contribution in [0.25, 0.3) is 0 Å². The Hall–Kier alpha value is -1.54. The number of hydrogen-bond acceptors (Lipinski definition) is 1. The molecule has 88 valence electrons. The van der Waals surface area contributed by atoms with Gasteiger partial charge in [-0.25, -0.2) is 0 Å². The van der Waals surface area contributed by atoms with E-state index in [9.17, 15) is 0 Å². The third kappa shape index (κ3) is 1.69. The predicted molar refractivity (Wildman–Crippen MR) is 70.0 cm³/mol. The average Bonchev–Trinajstić information content (AvgIpc) is 2.81. The van der Waals surface area contributed by atoms with Gasteiger partial charge in [-0.1, -0.05) is 30.3 Å². The van der Waals surface area contributed by atoms with Gasteiger partial charge in [0.15, 0.2) is 0 Å². The second-order valence-electron chi connectivity index (χ2n) is 5.34. The van der Waals surface area contributed by atoms with Crippen LogP contribution in [0.3, 0.4) is 0 Å². The Morgan fingerprint density at radius 1 is 1.12 bits per heavy atom. The van der Waals surface area contributed by atoms with Gasteiger partial charge in [0.25, 0.3) is 0 Å². The molecule has 17 heavy (non-hydrogen) atoms. The molecule has 2 heteroatoms. The third-order valence-corrected chi connectivity index (χ3v) is 3.60. The summed E-state index contributed by atoms with van der Waals surface area (Å²) in [6, 6.07) is 15.3. The van der Waals surface area contributed by atoms with Gasteiger partial charge in [0.2, 0.25) is 0 Å². The Labute approximate surface area is 102 Å². The summed E-state index contributed by atoms with van der Waals surface area (Å²) in [5.41, 5.74) is 2.85. The molecule has 0 fully saturated rings. The number of fused-ring (bicyclic) bond motifs is 1. The standard InChI is InChI=1S/C15H18N2/c1-15(2)11-16-14(12-7-4-3-5-8-12)13-9-6-10-17(13)15/h3-10,14,16H,11H2,1-2H3. The summed E-state index contributed by atoms with van der Waals surface area (Å²) in [5, 5.41) is 3.65. The van der Waals surface area contributed by atoms with E-state index in [1.165, 1.54) is 11.3 Å². The molecule has 1 aromatic carbocycles. The first-order chi connectivity index (χ1) is 8.18. The topological polar surface area (TPSA) is 17.0 Å². The maximum absolute atomic E-state index is 3.65. The Kier molecular flexibility index (Phi) is 2.33. The largest absolute Gasteiger partial charge is 0.343 e. The van der Waals surface area contributed by atoms with Gasteiger partial charge in [0, 0.05) is 18.4 Å². The highest BCUT2D eigenvalue weighted by Crippen LogP contribution is 2.31. The van der Waals surface area contributed by atoms with Gasteiger partial charge < -0.3 is 9.88 Å². The number of benzene rings is 1. The molecule has 1 unspecified atom stereocenters. The van der Waals surface area contributed by atoms with E-state index in [1.807, 2.05) is 0 Å². The van der Waals surface area contributed by atoms with Crippen molar-refractivity contribution in [3.8, 4) is 0 Å². The normalized spacial score (nSPS) is 22.1. The number of nitrogens with one attached hydrogen (secondary N) is 1. The fraction of sp³-hybridized carbons (Fsp3) is 0.333. The third-order valence-electron chi connectivity index (χ3n) is 3.60. The lowest BCUT2D eigenvalue weighted by Gasteiger charge is -2.38. The SMILES string of the molecule is CC1(C)CNC(c2ccccc2)c2cccn21. The maximum Gasteiger partial charge on any atom is 0.0732 e. The fourth-order valence-corrected chi connectivity index (χ4v) is 2.66. The molecule has 1 aliphatic heterocycles. The molecule has 0 aliphatic carbocycles. The lowest BCUT2D eigenvalue weighted by atomic mass is 9.95. The van der Waals surface area contributed by atoms with Crippen LogP contribution in [0.5, 0.6) is 0 Å². The van der Waals surface area contributed by atoms with Crippen LogP contribution in [-0.2, 0) is 5.54 Å². The van der Waals surface area contributed by atoms with Crippen molar-refractivity contribution in [1.29, 1.82) is 0 Å². The first-order valence-corrected chi connectivity index (χ1v) is 6.14. The molecule has 0 radical (unpaired) electrons. The zero-order valence-electron chi connectivity index (χ0n) is 10.4. The lowest BCUT2D eigenvalue weighted by molar-refractivity contribution is 0.273. The molecule has 0 saturated carbocycles. The highest BCUT2D eigenvalue weighted by Gasteiger charge is 2.31. The van der Waals surface area contributed by atoms with Crippen molar-refractivity contribution in [3.63, 3.8) is 0 Å². The molecule has 2 nitrogen and oxygen atoms in total. The summed E-state index contributed by atoms with van der Waals surface area (Å²) in [5.74, 6) is 0. The van der Waals surface area contributed by atoms with Crippen molar-refractivity contribution in [2.24, 2.45) is 0 Å². The minimum atomic E-state index is 0.157. The molecule has 0 amide bonds. The maximum atomic E-state index is 3.65. The number of aromatic nitrogens is 1. The summed E-state index contributed by atoms with van der Waals surface area (Å²) >= 11 is 0. The van der Waals surface area contributed by atoms with Crippen LogP contribution < -0.4 is 5.32 Å². The van der Waals surface area contributed by atoms with Crippen molar-refractivity contribution < 1.29 is 0 Å². The van der Waals surface area contributed by atoms with Crippen LogP contribution in [0.2, 0.25) is 0 Å². The van der Waals surface area contributed by atoms with Crippen molar-refractivity contribution in [1.82, 2.24) is 9.88 Å². The molecular weight excluding hydrogens is 208 g/mol. The lowest BCUT2D eigenvalue weighted by Crippen LogP contribution is -2.46. The summed E-state index contributed by atoms with van der Waals surface area (Å²) < 4.78 is 2.39. The van der Waals surface area contributed by atoms with Gasteiger partial charge in [-0.05, 0) is 31.5 Å². The average molecular weight is 226 g/mol. The van der Waals surface area contributed by atoms with E-state index in [1.54, 1.807) is 0 Å². The minimum Gasteiger partial charge on any atom is -0.343 e. The smallest absolute Gasteiger partial charge is 0.0732 e. The summed E-state index contributed by atoms with van der Waals surface area (Å²) in [6.45, 7) is 5.53. The van der Waals surface area contributed by atoms with E-state index in [4.69, 9.17) is 0 Å².